The van der Waals surface area contributed by atoms with Gasteiger partial charge in [-0.1, -0.05) is 140 Å². The van der Waals surface area contributed by atoms with Crippen LogP contribution in [0.2, 0.25) is 0 Å². The maximum atomic E-state index is 2.61. The molecule has 0 bridgehead atoms. The number of rotatable bonds is 8. The molecular formula is C59H69N3. The van der Waals surface area contributed by atoms with Gasteiger partial charge in [-0.15, -0.1) is 0 Å². The highest BCUT2D eigenvalue weighted by Gasteiger charge is 2.24. The lowest BCUT2D eigenvalue weighted by atomic mass is 9.85. The van der Waals surface area contributed by atoms with Crippen molar-refractivity contribution >= 4 is 65.4 Å². The second-order valence-electron chi connectivity index (χ2n) is 22.6. The van der Waals surface area contributed by atoms with Gasteiger partial charge in [0.15, 0.2) is 0 Å². The van der Waals surface area contributed by atoms with Crippen LogP contribution in [0.1, 0.15) is 144 Å². The molecule has 0 atom stereocenters. The molecule has 9 rings (SSSR count). The fraction of sp³-hybridized carbons (Fsp3) is 0.390. The van der Waals surface area contributed by atoms with Crippen LogP contribution in [0.5, 0.6) is 0 Å². The first-order valence-corrected chi connectivity index (χ1v) is 23.5. The molecule has 6 aromatic carbocycles. The van der Waals surface area contributed by atoms with Gasteiger partial charge in [0, 0.05) is 61.3 Å². The highest BCUT2D eigenvalue weighted by atomic mass is 15.0. The summed E-state index contributed by atoms with van der Waals surface area (Å²) in [6, 6.07) is 43.2. The zero-order chi connectivity index (χ0) is 44.1. The monoisotopic (exact) mass is 820 g/mol. The standard InChI is InChI=1S/C59H69N3/c1-14-15-16-17-18-31-60-50-29-23-42(61-52-25-19-38(56(2,3)4)32-44(52)45-33-39(57(5,6)7)20-26-53(45)61)36-48(50)49-37-43(24-30-51(49)60)62-54-27-21-40(58(8,9)10)34-46(54)47-35-41(59(11,12)13)22-28-55(47)62/h19-30,32-37H,14-18,31H2,1-13H3. The molecule has 320 valence electrons. The van der Waals surface area contributed by atoms with Crippen molar-refractivity contribution in [2.24, 2.45) is 0 Å². The summed E-state index contributed by atoms with van der Waals surface area (Å²) < 4.78 is 7.65. The third-order valence-electron chi connectivity index (χ3n) is 13.8. The minimum absolute atomic E-state index is 0.0549. The molecule has 0 saturated heterocycles. The Bertz CT molecular complexity index is 2820. The van der Waals surface area contributed by atoms with Crippen molar-refractivity contribution in [1.82, 2.24) is 13.7 Å². The second-order valence-corrected chi connectivity index (χ2v) is 22.6. The van der Waals surface area contributed by atoms with E-state index in [1.54, 1.807) is 0 Å². The van der Waals surface area contributed by atoms with Crippen LogP contribution in [0.3, 0.4) is 0 Å². The van der Waals surface area contributed by atoms with Crippen LogP contribution >= 0.6 is 0 Å². The molecule has 0 aliphatic heterocycles. The van der Waals surface area contributed by atoms with E-state index in [9.17, 15) is 0 Å². The number of aryl methyl sites for hydroxylation is 1. The van der Waals surface area contributed by atoms with Gasteiger partial charge >= 0.3 is 0 Å². The van der Waals surface area contributed by atoms with Gasteiger partial charge in [-0.25, -0.2) is 0 Å². The highest BCUT2D eigenvalue weighted by molar-refractivity contribution is 6.14. The van der Waals surface area contributed by atoms with Crippen LogP contribution in [0.25, 0.3) is 76.8 Å². The van der Waals surface area contributed by atoms with Gasteiger partial charge in [-0.05, 0) is 135 Å². The van der Waals surface area contributed by atoms with E-state index in [1.165, 1.54) is 131 Å². The Kier molecular flexibility index (Phi) is 10.1. The van der Waals surface area contributed by atoms with Gasteiger partial charge in [0.25, 0.3) is 0 Å². The highest BCUT2D eigenvalue weighted by Crippen LogP contribution is 2.42. The number of unbranched alkanes of at least 4 members (excludes halogenated alkanes) is 4. The topological polar surface area (TPSA) is 14.8 Å². The summed E-state index contributed by atoms with van der Waals surface area (Å²) in [5.41, 5.74) is 15.8. The molecule has 0 spiro atoms. The predicted molar refractivity (Wildman–Crippen MR) is 272 cm³/mol. The summed E-state index contributed by atoms with van der Waals surface area (Å²) in [4.78, 5) is 0. The smallest absolute Gasteiger partial charge is 0.0541 e. The van der Waals surface area contributed by atoms with Crippen LogP contribution in [0.15, 0.2) is 109 Å². The first-order valence-electron chi connectivity index (χ1n) is 23.5. The van der Waals surface area contributed by atoms with Crippen LogP contribution in [-0.4, -0.2) is 13.7 Å². The van der Waals surface area contributed by atoms with Gasteiger partial charge in [0.2, 0.25) is 0 Å². The molecule has 9 aromatic rings. The Morgan fingerprint density at radius 3 is 0.919 bits per heavy atom. The number of nitrogens with zero attached hydrogens (tertiary/aromatic N) is 3. The second kappa shape index (κ2) is 14.9. The average molecular weight is 820 g/mol. The van der Waals surface area contributed by atoms with Crippen LogP contribution < -0.4 is 0 Å². The zero-order valence-corrected chi connectivity index (χ0v) is 40.0. The summed E-state index contributed by atoms with van der Waals surface area (Å²) in [6.45, 7) is 31.2. The molecule has 0 saturated carbocycles. The van der Waals surface area contributed by atoms with Gasteiger partial charge < -0.3 is 13.7 Å². The number of hydrogen-bond donors (Lipinski definition) is 0. The minimum Gasteiger partial charge on any atom is -0.340 e. The molecule has 0 radical (unpaired) electrons. The molecular weight excluding hydrogens is 751 g/mol. The molecule has 0 amide bonds. The molecule has 3 nitrogen and oxygen atoms in total. The third-order valence-corrected chi connectivity index (χ3v) is 13.8. The Balaban J connectivity index is 1.30. The molecule has 0 fully saturated rings. The predicted octanol–water partition coefficient (Wildman–Crippen LogP) is 17.1. The van der Waals surface area contributed by atoms with E-state index >= 15 is 0 Å². The quantitative estimate of drug-likeness (QED) is 0.136. The van der Waals surface area contributed by atoms with Crippen LogP contribution in [-0.2, 0) is 28.2 Å². The largest absolute Gasteiger partial charge is 0.340 e. The Labute approximate surface area is 370 Å². The average Bonchev–Trinajstić information content (AvgIpc) is 3.83. The van der Waals surface area contributed by atoms with Crippen molar-refractivity contribution in [3.05, 3.63) is 131 Å². The van der Waals surface area contributed by atoms with Crippen molar-refractivity contribution in [2.45, 2.75) is 150 Å². The SMILES string of the molecule is CCCCCCCn1c2ccc(-n3c4ccc(C(C)(C)C)cc4c4cc(C(C)(C)C)ccc43)cc2c2cc(-n3c4ccc(C(C)(C)C)cc4c4cc(C(C)(C)C)ccc43)ccc21. The zero-order valence-electron chi connectivity index (χ0n) is 40.0. The van der Waals surface area contributed by atoms with E-state index in [0.29, 0.717) is 0 Å². The number of hydrogen-bond acceptors (Lipinski definition) is 0. The van der Waals surface area contributed by atoms with E-state index in [2.05, 4.69) is 213 Å². The summed E-state index contributed by atoms with van der Waals surface area (Å²) in [7, 11) is 0. The molecule has 0 aliphatic carbocycles. The van der Waals surface area contributed by atoms with Gasteiger partial charge in [0.05, 0.1) is 22.1 Å². The molecule has 0 N–H and O–H groups in total. The van der Waals surface area contributed by atoms with E-state index in [1.807, 2.05) is 0 Å². The lowest BCUT2D eigenvalue weighted by Crippen LogP contribution is -2.10. The summed E-state index contributed by atoms with van der Waals surface area (Å²) >= 11 is 0. The first-order chi connectivity index (χ1) is 29.2. The maximum absolute atomic E-state index is 2.61. The molecule has 0 unspecified atom stereocenters. The minimum atomic E-state index is 0.0549. The summed E-state index contributed by atoms with van der Waals surface area (Å²) in [5.74, 6) is 0. The number of aromatic nitrogens is 3. The van der Waals surface area contributed by atoms with E-state index < -0.39 is 0 Å². The van der Waals surface area contributed by atoms with Gasteiger partial charge in [-0.3, -0.25) is 0 Å². The third kappa shape index (κ3) is 7.24. The van der Waals surface area contributed by atoms with Crippen molar-refractivity contribution in [3.8, 4) is 11.4 Å². The van der Waals surface area contributed by atoms with E-state index in [4.69, 9.17) is 0 Å². The van der Waals surface area contributed by atoms with Gasteiger partial charge in [0.1, 0.15) is 0 Å². The lowest BCUT2D eigenvalue weighted by molar-refractivity contribution is 0.584. The van der Waals surface area contributed by atoms with E-state index in [0.717, 1.165) is 6.54 Å². The molecule has 3 heterocycles. The van der Waals surface area contributed by atoms with Crippen molar-refractivity contribution in [2.75, 3.05) is 0 Å². The summed E-state index contributed by atoms with van der Waals surface area (Å²) in [5, 5.41) is 7.92. The molecule has 3 aromatic heterocycles. The Morgan fingerprint density at radius 2 is 0.613 bits per heavy atom. The van der Waals surface area contributed by atoms with Crippen molar-refractivity contribution in [3.63, 3.8) is 0 Å². The van der Waals surface area contributed by atoms with Crippen LogP contribution in [0.4, 0.5) is 0 Å². The van der Waals surface area contributed by atoms with Crippen LogP contribution in [0, 0.1) is 0 Å². The number of benzene rings is 6. The first kappa shape index (κ1) is 42.0. The molecule has 62 heavy (non-hydrogen) atoms. The fourth-order valence-corrected chi connectivity index (χ4v) is 9.94. The Hall–Kier alpha value is -5.28. The van der Waals surface area contributed by atoms with Crippen molar-refractivity contribution in [1.29, 1.82) is 0 Å². The number of fused-ring (bicyclic) bond motifs is 9. The van der Waals surface area contributed by atoms with Crippen molar-refractivity contribution < 1.29 is 0 Å². The molecule has 3 heteroatoms. The van der Waals surface area contributed by atoms with E-state index in [-0.39, 0.29) is 21.7 Å². The lowest BCUT2D eigenvalue weighted by Gasteiger charge is -2.19. The molecule has 0 aliphatic rings. The fourth-order valence-electron chi connectivity index (χ4n) is 9.94. The normalized spacial score (nSPS) is 13.3. The Morgan fingerprint density at radius 1 is 0.323 bits per heavy atom. The summed E-state index contributed by atoms with van der Waals surface area (Å²) in [6.07, 6.45) is 6.30. The maximum Gasteiger partial charge on any atom is 0.0541 e. The van der Waals surface area contributed by atoms with Gasteiger partial charge in [-0.2, -0.15) is 0 Å².